The van der Waals surface area contributed by atoms with Crippen LogP contribution < -0.4 is 0 Å². The molecule has 1 aliphatic heterocycles. The molecule has 1 aliphatic rings. The molecule has 0 radical (unpaired) electrons. The molecule has 0 N–H and O–H groups in total. The largest absolute Gasteiger partial charge is 0.299 e. The molecule has 0 unspecified atom stereocenters. The van der Waals surface area contributed by atoms with Crippen molar-refractivity contribution in [1.82, 2.24) is 4.90 Å². The van der Waals surface area contributed by atoms with Gasteiger partial charge in [-0.2, -0.15) is 5.26 Å². The topological polar surface area (TPSA) is 27.0 Å². The lowest BCUT2D eigenvalue weighted by Gasteiger charge is -2.30. The van der Waals surface area contributed by atoms with Crippen LogP contribution in [0.15, 0.2) is 54.6 Å². The van der Waals surface area contributed by atoms with Gasteiger partial charge in [0.2, 0.25) is 0 Å². The summed E-state index contributed by atoms with van der Waals surface area (Å²) < 4.78 is 0. The van der Waals surface area contributed by atoms with Gasteiger partial charge in [0.1, 0.15) is 0 Å². The quantitative estimate of drug-likeness (QED) is 0.673. The minimum absolute atomic E-state index is 0.909. The van der Waals surface area contributed by atoms with Gasteiger partial charge in [-0.25, -0.2) is 0 Å². The molecule has 134 valence electrons. The predicted octanol–water partition coefficient (Wildman–Crippen LogP) is 6.14. The first kappa shape index (κ1) is 20.9. The van der Waals surface area contributed by atoms with Crippen LogP contribution in [0.3, 0.4) is 0 Å². The maximum Gasteiger partial charge on any atom is 0.0587 e. The van der Waals surface area contributed by atoms with Gasteiger partial charge in [0, 0.05) is 13.5 Å². The zero-order chi connectivity index (χ0) is 18.5. The third kappa shape index (κ3) is 7.54. The normalized spacial score (nSPS) is 14.4. The van der Waals surface area contributed by atoms with E-state index < -0.39 is 0 Å². The highest BCUT2D eigenvalue weighted by atomic mass is 15.1. The van der Waals surface area contributed by atoms with E-state index >= 15 is 0 Å². The fraction of sp³-hybridized carbons (Fsp3) is 0.435. The number of nitriles is 1. The zero-order valence-electron chi connectivity index (χ0n) is 16.2. The van der Waals surface area contributed by atoms with Crippen LogP contribution in [0, 0.1) is 17.2 Å². The Morgan fingerprint density at radius 1 is 0.920 bits per heavy atom. The highest BCUT2D eigenvalue weighted by Gasteiger charge is 2.15. The van der Waals surface area contributed by atoms with Gasteiger partial charge in [0.15, 0.2) is 0 Å². The van der Waals surface area contributed by atoms with E-state index in [1.54, 1.807) is 6.07 Å². The Balaban J connectivity index is 0.000000567. The van der Waals surface area contributed by atoms with E-state index in [-0.39, 0.29) is 0 Å². The Kier molecular flexibility index (Phi) is 10.3. The second-order valence-corrected chi connectivity index (χ2v) is 6.25. The number of nitrogens with zero attached hydrogens (tertiary/aromatic N) is 2. The summed E-state index contributed by atoms with van der Waals surface area (Å²) in [6, 6.07) is 21.4. The average Bonchev–Trinajstić information content (AvgIpc) is 2.67. The molecule has 1 heterocycles. The van der Waals surface area contributed by atoms with Crippen molar-refractivity contribution in [2.75, 3.05) is 13.1 Å². The fourth-order valence-corrected chi connectivity index (χ4v) is 2.91. The van der Waals surface area contributed by atoms with Crippen molar-refractivity contribution in [2.24, 2.45) is 5.92 Å². The third-order valence-electron chi connectivity index (χ3n) is 4.34. The monoisotopic (exact) mass is 336 g/mol. The van der Waals surface area contributed by atoms with E-state index in [1.165, 1.54) is 49.5 Å². The van der Waals surface area contributed by atoms with Crippen molar-refractivity contribution in [3.63, 3.8) is 0 Å². The highest BCUT2D eigenvalue weighted by molar-refractivity contribution is 5.63. The van der Waals surface area contributed by atoms with Crippen LogP contribution in [-0.2, 0) is 6.54 Å². The molecule has 2 aromatic rings. The number of rotatable bonds is 3. The van der Waals surface area contributed by atoms with Crippen LogP contribution in [0.5, 0.6) is 0 Å². The van der Waals surface area contributed by atoms with Gasteiger partial charge in [-0.15, -0.1) is 0 Å². The van der Waals surface area contributed by atoms with Crippen LogP contribution >= 0.6 is 0 Å². The van der Waals surface area contributed by atoms with Crippen LogP contribution in [0.2, 0.25) is 0 Å². The SMILES string of the molecule is CC.CC#N.CC1CCN(Cc2ccc(-c3ccccc3)cc2)CC1. The molecule has 2 aromatic carbocycles. The third-order valence-corrected chi connectivity index (χ3v) is 4.34. The number of benzene rings is 2. The molecule has 3 rings (SSSR count). The number of hydrogen-bond acceptors (Lipinski definition) is 2. The Morgan fingerprint density at radius 2 is 1.40 bits per heavy atom. The highest BCUT2D eigenvalue weighted by Crippen LogP contribution is 2.21. The zero-order valence-corrected chi connectivity index (χ0v) is 16.2. The first-order valence-electron chi connectivity index (χ1n) is 9.40. The number of piperidine rings is 1. The molecule has 2 nitrogen and oxygen atoms in total. The molecular formula is C23H32N2. The maximum atomic E-state index is 7.32. The van der Waals surface area contributed by atoms with Gasteiger partial charge < -0.3 is 0 Å². The lowest BCUT2D eigenvalue weighted by atomic mass is 9.98. The summed E-state index contributed by atoms with van der Waals surface area (Å²) in [6.45, 7) is 11.4. The van der Waals surface area contributed by atoms with Gasteiger partial charge >= 0.3 is 0 Å². The molecule has 0 amide bonds. The van der Waals surface area contributed by atoms with Crippen LogP contribution in [-0.4, -0.2) is 18.0 Å². The van der Waals surface area contributed by atoms with Gasteiger partial charge in [0.05, 0.1) is 6.07 Å². The molecule has 25 heavy (non-hydrogen) atoms. The van der Waals surface area contributed by atoms with Crippen molar-refractivity contribution < 1.29 is 0 Å². The fourth-order valence-electron chi connectivity index (χ4n) is 2.91. The molecule has 0 spiro atoms. The number of likely N-dealkylation sites (tertiary alicyclic amines) is 1. The molecular weight excluding hydrogens is 304 g/mol. The van der Waals surface area contributed by atoms with E-state index in [2.05, 4.69) is 66.4 Å². The average molecular weight is 337 g/mol. The van der Waals surface area contributed by atoms with E-state index in [1.807, 2.05) is 13.8 Å². The lowest BCUT2D eigenvalue weighted by Crippen LogP contribution is -2.32. The van der Waals surface area contributed by atoms with Gasteiger partial charge in [-0.1, -0.05) is 75.4 Å². The Morgan fingerprint density at radius 3 is 1.92 bits per heavy atom. The van der Waals surface area contributed by atoms with Crippen molar-refractivity contribution in [2.45, 2.75) is 47.1 Å². The van der Waals surface area contributed by atoms with Gasteiger partial charge in [0.25, 0.3) is 0 Å². The van der Waals surface area contributed by atoms with E-state index in [0.29, 0.717) is 0 Å². The molecule has 1 fully saturated rings. The minimum atomic E-state index is 0.909. The first-order valence-corrected chi connectivity index (χ1v) is 9.40. The van der Waals surface area contributed by atoms with Crippen LogP contribution in [0.4, 0.5) is 0 Å². The van der Waals surface area contributed by atoms with Crippen LogP contribution in [0.1, 0.15) is 46.1 Å². The van der Waals surface area contributed by atoms with Crippen molar-refractivity contribution in [3.05, 3.63) is 60.2 Å². The van der Waals surface area contributed by atoms with Gasteiger partial charge in [-0.05, 0) is 48.5 Å². The summed E-state index contributed by atoms with van der Waals surface area (Å²) >= 11 is 0. The summed E-state index contributed by atoms with van der Waals surface area (Å²) in [4.78, 5) is 2.58. The smallest absolute Gasteiger partial charge is 0.0587 e. The van der Waals surface area contributed by atoms with E-state index in [0.717, 1.165) is 12.5 Å². The van der Waals surface area contributed by atoms with Crippen LogP contribution in [0.25, 0.3) is 11.1 Å². The second kappa shape index (κ2) is 12.3. The molecule has 0 aromatic heterocycles. The summed E-state index contributed by atoms with van der Waals surface area (Å²) in [7, 11) is 0. The Hall–Kier alpha value is -2.11. The molecule has 0 aliphatic carbocycles. The van der Waals surface area contributed by atoms with Crippen molar-refractivity contribution in [1.29, 1.82) is 5.26 Å². The molecule has 1 saturated heterocycles. The summed E-state index contributed by atoms with van der Waals surface area (Å²) in [6.07, 6.45) is 2.70. The Labute approximate surface area is 154 Å². The lowest BCUT2D eigenvalue weighted by molar-refractivity contribution is 0.185. The van der Waals surface area contributed by atoms with Crippen molar-refractivity contribution in [3.8, 4) is 17.2 Å². The summed E-state index contributed by atoms with van der Waals surface area (Å²) in [5.41, 5.74) is 4.03. The van der Waals surface area contributed by atoms with E-state index in [9.17, 15) is 0 Å². The Bertz CT molecular complexity index is 603. The van der Waals surface area contributed by atoms with Crippen molar-refractivity contribution >= 4 is 0 Å². The predicted molar refractivity (Wildman–Crippen MR) is 108 cm³/mol. The minimum Gasteiger partial charge on any atom is -0.299 e. The van der Waals surface area contributed by atoms with E-state index in [4.69, 9.17) is 5.26 Å². The standard InChI is InChI=1S/C19H23N.C2H3N.C2H6/c1-16-11-13-20(14-12-16)15-17-7-9-19(10-8-17)18-5-3-2-4-6-18;1-2-3;1-2/h2-10,16H,11-15H2,1H3;1H3;1-2H3. The molecule has 2 heteroatoms. The second-order valence-electron chi connectivity index (χ2n) is 6.25. The molecule has 0 atom stereocenters. The summed E-state index contributed by atoms with van der Waals surface area (Å²) in [5.74, 6) is 0.909. The first-order chi connectivity index (χ1) is 12.2. The maximum absolute atomic E-state index is 7.32. The molecule has 0 saturated carbocycles. The summed E-state index contributed by atoms with van der Waals surface area (Å²) in [5, 5.41) is 7.32. The molecule has 0 bridgehead atoms. The van der Waals surface area contributed by atoms with Gasteiger partial charge in [-0.3, -0.25) is 4.90 Å². The number of hydrogen-bond donors (Lipinski definition) is 0.